The van der Waals surface area contributed by atoms with Crippen molar-refractivity contribution in [2.24, 2.45) is 0 Å². The van der Waals surface area contributed by atoms with E-state index < -0.39 is 11.6 Å². The van der Waals surface area contributed by atoms with Gasteiger partial charge in [0.05, 0.1) is 12.5 Å². The van der Waals surface area contributed by atoms with Crippen LogP contribution in [0.25, 0.3) is 0 Å². The molecule has 120 valence electrons. The third-order valence-electron chi connectivity index (χ3n) is 4.82. The molecule has 1 N–H and O–H groups in total. The summed E-state index contributed by atoms with van der Waals surface area (Å²) in [7, 11) is 3.18. The quantitative estimate of drug-likeness (QED) is 0.831. The highest BCUT2D eigenvalue weighted by Gasteiger charge is 2.47. The zero-order valence-electron chi connectivity index (χ0n) is 12.8. The number of hydrogen-bond donors (Lipinski definition) is 1. The lowest BCUT2D eigenvalue weighted by Crippen LogP contribution is -2.53. The number of rotatable bonds is 5. The largest absolute Gasteiger partial charge is 0.481 e. The molecule has 2 atom stereocenters. The van der Waals surface area contributed by atoms with Gasteiger partial charge < -0.3 is 19.5 Å². The fourth-order valence-electron chi connectivity index (χ4n) is 3.58. The van der Waals surface area contributed by atoms with Crippen molar-refractivity contribution in [3.05, 3.63) is 0 Å². The van der Waals surface area contributed by atoms with Crippen LogP contribution in [0.4, 0.5) is 0 Å². The molecule has 6 nitrogen and oxygen atoms in total. The molecule has 0 bridgehead atoms. The summed E-state index contributed by atoms with van der Waals surface area (Å²) in [5, 5.41) is 9.05. The van der Waals surface area contributed by atoms with E-state index in [1.165, 1.54) is 0 Å². The molecular weight excluding hydrogens is 274 g/mol. The molecule has 2 aliphatic rings. The Bertz CT molecular complexity index is 392. The minimum atomic E-state index is -0.885. The Morgan fingerprint density at radius 1 is 1.24 bits per heavy atom. The predicted molar refractivity (Wildman–Crippen MR) is 76.0 cm³/mol. The summed E-state index contributed by atoms with van der Waals surface area (Å²) in [6.45, 7) is 0.457. The number of carboxylic acids is 1. The van der Waals surface area contributed by atoms with Crippen LogP contribution < -0.4 is 0 Å². The first-order chi connectivity index (χ1) is 10.0. The highest BCUT2D eigenvalue weighted by atomic mass is 16.5. The molecule has 0 spiro atoms. The standard InChI is InChI=1S/C15H25NO5/c1-20-12-8-11(9-13(17)18)16(10-12)14(19)15(21-2)6-4-3-5-7-15/h11-12H,3-10H2,1-2H3,(H,17,18). The second-order valence-electron chi connectivity index (χ2n) is 6.06. The van der Waals surface area contributed by atoms with Crippen LogP contribution in [0, 0.1) is 0 Å². The fourth-order valence-corrected chi connectivity index (χ4v) is 3.58. The van der Waals surface area contributed by atoms with Crippen LogP contribution in [0.2, 0.25) is 0 Å². The number of aliphatic carboxylic acids is 1. The van der Waals surface area contributed by atoms with Crippen LogP contribution in [-0.2, 0) is 19.1 Å². The molecule has 1 aliphatic carbocycles. The van der Waals surface area contributed by atoms with Gasteiger partial charge in [0.2, 0.25) is 0 Å². The third kappa shape index (κ3) is 3.37. The average molecular weight is 299 g/mol. The van der Waals surface area contributed by atoms with Crippen LogP contribution in [0.15, 0.2) is 0 Å². The molecule has 2 fully saturated rings. The number of nitrogens with zero attached hydrogens (tertiary/aromatic N) is 1. The topological polar surface area (TPSA) is 76.1 Å². The van der Waals surface area contributed by atoms with Gasteiger partial charge in [0, 0.05) is 26.8 Å². The van der Waals surface area contributed by atoms with E-state index in [4.69, 9.17) is 14.6 Å². The lowest BCUT2D eigenvalue weighted by atomic mass is 9.83. The van der Waals surface area contributed by atoms with E-state index in [0.717, 1.165) is 32.1 Å². The van der Waals surface area contributed by atoms with Gasteiger partial charge in [-0.1, -0.05) is 19.3 Å². The second-order valence-corrected chi connectivity index (χ2v) is 6.06. The number of carboxylic acid groups (broad SMARTS) is 1. The number of carbonyl (C=O) groups is 2. The molecule has 1 saturated heterocycles. The Hall–Kier alpha value is -1.14. The minimum Gasteiger partial charge on any atom is -0.481 e. The molecule has 0 radical (unpaired) electrons. The van der Waals surface area contributed by atoms with Crippen LogP contribution in [0.1, 0.15) is 44.9 Å². The molecule has 6 heteroatoms. The van der Waals surface area contributed by atoms with Crippen molar-refractivity contribution >= 4 is 11.9 Å². The summed E-state index contributed by atoms with van der Waals surface area (Å²) >= 11 is 0. The minimum absolute atomic E-state index is 0.0363. The third-order valence-corrected chi connectivity index (χ3v) is 4.82. The summed E-state index contributed by atoms with van der Waals surface area (Å²) in [5.41, 5.74) is -0.766. The van der Waals surface area contributed by atoms with E-state index >= 15 is 0 Å². The van der Waals surface area contributed by atoms with Crippen molar-refractivity contribution in [2.75, 3.05) is 20.8 Å². The summed E-state index contributed by atoms with van der Waals surface area (Å²) in [5.74, 6) is -0.944. The van der Waals surface area contributed by atoms with Gasteiger partial charge in [-0.2, -0.15) is 0 Å². The van der Waals surface area contributed by atoms with Crippen molar-refractivity contribution in [3.63, 3.8) is 0 Å². The molecule has 2 unspecified atom stereocenters. The van der Waals surface area contributed by atoms with Crippen molar-refractivity contribution < 1.29 is 24.2 Å². The Balaban J connectivity index is 2.15. The first-order valence-electron chi connectivity index (χ1n) is 7.63. The van der Waals surface area contributed by atoms with E-state index in [0.29, 0.717) is 13.0 Å². The lowest BCUT2D eigenvalue weighted by Gasteiger charge is -2.39. The highest BCUT2D eigenvalue weighted by Crippen LogP contribution is 2.35. The fraction of sp³-hybridized carbons (Fsp3) is 0.867. The molecule has 1 heterocycles. The number of likely N-dealkylation sites (tertiary alicyclic amines) is 1. The molecule has 21 heavy (non-hydrogen) atoms. The first kappa shape index (κ1) is 16.2. The van der Waals surface area contributed by atoms with Crippen molar-refractivity contribution in [1.29, 1.82) is 0 Å². The van der Waals surface area contributed by atoms with Crippen molar-refractivity contribution in [3.8, 4) is 0 Å². The van der Waals surface area contributed by atoms with E-state index in [-0.39, 0.29) is 24.5 Å². The predicted octanol–water partition coefficient (Wildman–Crippen LogP) is 1.43. The van der Waals surface area contributed by atoms with E-state index in [1.807, 2.05) is 0 Å². The summed E-state index contributed by atoms with van der Waals surface area (Å²) in [6, 6.07) is -0.297. The maximum atomic E-state index is 13.0. The Morgan fingerprint density at radius 2 is 1.90 bits per heavy atom. The molecule has 0 aromatic rings. The Morgan fingerprint density at radius 3 is 2.43 bits per heavy atom. The lowest BCUT2D eigenvalue weighted by molar-refractivity contribution is -0.161. The van der Waals surface area contributed by atoms with Gasteiger partial charge in [0.25, 0.3) is 5.91 Å². The molecule has 0 aromatic heterocycles. The summed E-state index contributed by atoms with van der Waals surface area (Å²) in [6.07, 6.45) is 4.97. The number of hydrogen-bond acceptors (Lipinski definition) is 4. The molecule has 0 aromatic carbocycles. The van der Waals surface area contributed by atoms with Gasteiger partial charge in [-0.15, -0.1) is 0 Å². The Kier molecular flexibility index (Phi) is 5.22. The normalized spacial score (nSPS) is 28.6. The monoisotopic (exact) mass is 299 g/mol. The SMILES string of the molecule is COC1CC(CC(=O)O)N(C(=O)C2(OC)CCCCC2)C1. The smallest absolute Gasteiger partial charge is 0.305 e. The van der Waals surface area contributed by atoms with Crippen LogP contribution in [0.3, 0.4) is 0 Å². The number of methoxy groups -OCH3 is 2. The molecule has 1 amide bonds. The second kappa shape index (κ2) is 6.75. The molecule has 1 aliphatic heterocycles. The van der Waals surface area contributed by atoms with Gasteiger partial charge in [0.15, 0.2) is 0 Å². The van der Waals surface area contributed by atoms with Gasteiger partial charge in [-0.3, -0.25) is 9.59 Å². The van der Waals surface area contributed by atoms with E-state index in [9.17, 15) is 9.59 Å². The highest BCUT2D eigenvalue weighted by molar-refractivity contribution is 5.86. The molecule has 1 saturated carbocycles. The van der Waals surface area contributed by atoms with Gasteiger partial charge in [0.1, 0.15) is 5.60 Å². The van der Waals surface area contributed by atoms with E-state index in [1.54, 1.807) is 19.1 Å². The van der Waals surface area contributed by atoms with Gasteiger partial charge in [-0.05, 0) is 19.3 Å². The number of carbonyl (C=O) groups excluding carboxylic acids is 1. The Labute approximate surface area is 125 Å². The number of amides is 1. The van der Waals surface area contributed by atoms with Crippen LogP contribution in [-0.4, -0.2) is 60.4 Å². The maximum absolute atomic E-state index is 13.0. The molecule has 2 rings (SSSR count). The zero-order valence-corrected chi connectivity index (χ0v) is 12.8. The van der Waals surface area contributed by atoms with Crippen molar-refractivity contribution in [2.45, 2.75) is 62.7 Å². The number of ether oxygens (including phenoxy) is 2. The van der Waals surface area contributed by atoms with Crippen LogP contribution in [0.5, 0.6) is 0 Å². The summed E-state index contributed by atoms with van der Waals surface area (Å²) in [4.78, 5) is 25.7. The molecular formula is C15H25NO5. The first-order valence-corrected chi connectivity index (χ1v) is 7.63. The summed E-state index contributed by atoms with van der Waals surface area (Å²) < 4.78 is 10.9. The maximum Gasteiger partial charge on any atom is 0.305 e. The van der Waals surface area contributed by atoms with Gasteiger partial charge in [-0.25, -0.2) is 0 Å². The van der Waals surface area contributed by atoms with Crippen molar-refractivity contribution in [1.82, 2.24) is 4.90 Å². The van der Waals surface area contributed by atoms with Gasteiger partial charge >= 0.3 is 5.97 Å². The van der Waals surface area contributed by atoms with E-state index in [2.05, 4.69) is 0 Å². The van der Waals surface area contributed by atoms with Crippen LogP contribution >= 0.6 is 0 Å². The zero-order chi connectivity index (χ0) is 15.5. The average Bonchev–Trinajstić information content (AvgIpc) is 2.89.